The zero-order valence-corrected chi connectivity index (χ0v) is 14.8. The van der Waals surface area contributed by atoms with Crippen molar-refractivity contribution in [2.75, 3.05) is 37.7 Å². The highest BCUT2D eigenvalue weighted by Crippen LogP contribution is 2.16. The van der Waals surface area contributed by atoms with E-state index in [1.54, 1.807) is 0 Å². The van der Waals surface area contributed by atoms with Crippen molar-refractivity contribution in [3.63, 3.8) is 0 Å². The number of nitrogens with zero attached hydrogens (tertiary/aromatic N) is 2. The highest BCUT2D eigenvalue weighted by Gasteiger charge is 2.26. The Morgan fingerprint density at radius 3 is 2.48 bits per heavy atom. The van der Waals surface area contributed by atoms with E-state index in [0.29, 0.717) is 0 Å². The highest BCUT2D eigenvalue weighted by molar-refractivity contribution is 5.94. The fourth-order valence-corrected chi connectivity index (χ4v) is 2.94. The lowest BCUT2D eigenvalue weighted by Gasteiger charge is -2.31. The zero-order valence-electron chi connectivity index (χ0n) is 14.8. The fourth-order valence-electron chi connectivity index (χ4n) is 2.94. The van der Waals surface area contributed by atoms with Crippen molar-refractivity contribution < 1.29 is 14.5 Å². The molecule has 132 valence electrons. The van der Waals surface area contributed by atoms with Crippen molar-refractivity contribution in [2.45, 2.75) is 19.8 Å². The van der Waals surface area contributed by atoms with Crippen LogP contribution >= 0.6 is 0 Å². The van der Waals surface area contributed by atoms with Gasteiger partial charge in [0.1, 0.15) is 18.8 Å². The number of anilines is 1. The van der Waals surface area contributed by atoms with Crippen LogP contribution in [0.1, 0.15) is 30.1 Å². The van der Waals surface area contributed by atoms with Crippen LogP contribution in [-0.2, 0) is 0 Å². The first-order valence-electron chi connectivity index (χ1n) is 9.01. The Bertz CT molecular complexity index is 665. The molecule has 1 amide bonds. The molecule has 0 spiro atoms. The molecule has 3 rings (SSSR count). The first kappa shape index (κ1) is 17.3. The molecule has 0 bridgehead atoms. The normalized spacial score (nSPS) is 14.4. The van der Waals surface area contributed by atoms with Gasteiger partial charge in [0.15, 0.2) is 0 Å². The summed E-state index contributed by atoms with van der Waals surface area (Å²) in [6, 6.07) is 13.6. The Morgan fingerprint density at radius 2 is 1.84 bits per heavy atom. The topological polar surface area (TPSA) is 46.9 Å². The Hall–Kier alpha value is -2.56. The molecule has 1 aliphatic rings. The predicted molar refractivity (Wildman–Crippen MR) is 98.0 cm³/mol. The van der Waals surface area contributed by atoms with E-state index in [9.17, 15) is 4.79 Å². The maximum Gasteiger partial charge on any atom is 0.274 e. The van der Waals surface area contributed by atoms with E-state index in [4.69, 9.17) is 4.74 Å². The van der Waals surface area contributed by atoms with Crippen molar-refractivity contribution in [3.05, 3.63) is 54.2 Å². The van der Waals surface area contributed by atoms with Crippen molar-refractivity contribution in [1.82, 2.24) is 4.90 Å². The van der Waals surface area contributed by atoms with E-state index in [2.05, 4.69) is 22.9 Å². The Kier molecular flexibility index (Phi) is 5.88. The van der Waals surface area contributed by atoms with Crippen molar-refractivity contribution >= 4 is 11.7 Å². The number of amides is 1. The van der Waals surface area contributed by atoms with Gasteiger partial charge in [-0.15, -0.1) is 0 Å². The maximum absolute atomic E-state index is 12.7. The minimum Gasteiger partial charge on any atom is -0.494 e. The van der Waals surface area contributed by atoms with Crippen LogP contribution in [0.3, 0.4) is 0 Å². The number of nitrogens with one attached hydrogen (secondary N) is 1. The molecule has 1 N–H and O–H groups in total. The predicted octanol–water partition coefficient (Wildman–Crippen LogP) is 2.64. The number of ether oxygens (including phenoxy) is 1. The lowest BCUT2D eigenvalue weighted by molar-refractivity contribution is -0.364. The van der Waals surface area contributed by atoms with Crippen molar-refractivity contribution in [2.24, 2.45) is 0 Å². The summed E-state index contributed by atoms with van der Waals surface area (Å²) in [6.45, 7) is 6.00. The number of carbonyl (C=O) groups is 1. The summed E-state index contributed by atoms with van der Waals surface area (Å²) in [5, 5.41) is 0. The van der Waals surface area contributed by atoms with E-state index in [1.807, 2.05) is 47.5 Å². The SMILES string of the molecule is CCCCOc1ccc(C(=O)N2CCN(c3cccc[nH+]3)CC2)cc1. The van der Waals surface area contributed by atoms with Gasteiger partial charge in [0, 0.05) is 11.6 Å². The summed E-state index contributed by atoms with van der Waals surface area (Å²) in [4.78, 5) is 20.1. The second kappa shape index (κ2) is 8.51. The van der Waals surface area contributed by atoms with Gasteiger partial charge in [-0.2, -0.15) is 0 Å². The third-order valence-corrected chi connectivity index (χ3v) is 4.47. The average Bonchev–Trinajstić information content (AvgIpc) is 2.69. The van der Waals surface area contributed by atoms with Gasteiger partial charge in [0.25, 0.3) is 11.7 Å². The number of pyridine rings is 1. The lowest BCUT2D eigenvalue weighted by Crippen LogP contribution is -2.50. The highest BCUT2D eigenvalue weighted by atomic mass is 16.5. The quantitative estimate of drug-likeness (QED) is 0.760. The Balaban J connectivity index is 1.53. The molecule has 1 fully saturated rings. The first-order valence-corrected chi connectivity index (χ1v) is 9.01. The molecule has 0 saturated carbocycles. The molecule has 25 heavy (non-hydrogen) atoms. The fraction of sp³-hybridized carbons (Fsp3) is 0.400. The van der Waals surface area contributed by atoms with Crippen molar-refractivity contribution in [1.29, 1.82) is 0 Å². The van der Waals surface area contributed by atoms with Gasteiger partial charge in [-0.25, -0.2) is 4.98 Å². The second-order valence-corrected chi connectivity index (χ2v) is 6.25. The lowest BCUT2D eigenvalue weighted by atomic mass is 10.1. The molecular weight excluding hydrogens is 314 g/mol. The largest absolute Gasteiger partial charge is 0.494 e. The van der Waals surface area contributed by atoms with Crippen LogP contribution in [0.5, 0.6) is 5.75 Å². The Morgan fingerprint density at radius 1 is 1.08 bits per heavy atom. The zero-order chi connectivity index (χ0) is 17.5. The van der Waals surface area contributed by atoms with Crippen LogP contribution in [-0.4, -0.2) is 43.6 Å². The van der Waals surface area contributed by atoms with Gasteiger partial charge in [-0.05, 0) is 36.8 Å². The number of aromatic amines is 1. The molecule has 5 nitrogen and oxygen atoms in total. The number of unbranched alkanes of at least 4 members (excludes halogenated alkanes) is 1. The number of hydrogen-bond donors (Lipinski definition) is 0. The monoisotopic (exact) mass is 340 g/mol. The second-order valence-electron chi connectivity index (χ2n) is 6.25. The first-order chi connectivity index (χ1) is 12.3. The third kappa shape index (κ3) is 4.50. The number of rotatable bonds is 6. The summed E-state index contributed by atoms with van der Waals surface area (Å²) in [6.07, 6.45) is 4.09. The summed E-state index contributed by atoms with van der Waals surface area (Å²) < 4.78 is 5.65. The van der Waals surface area contributed by atoms with Crippen LogP contribution in [0.25, 0.3) is 0 Å². The number of piperazine rings is 1. The maximum atomic E-state index is 12.7. The average molecular weight is 340 g/mol. The molecule has 1 aliphatic heterocycles. The smallest absolute Gasteiger partial charge is 0.274 e. The summed E-state index contributed by atoms with van der Waals surface area (Å²) in [5.41, 5.74) is 0.725. The van der Waals surface area contributed by atoms with Gasteiger partial charge >= 0.3 is 0 Å². The Labute approximate surface area is 149 Å². The number of H-pyrrole nitrogens is 1. The minimum absolute atomic E-state index is 0.0943. The number of benzene rings is 1. The van der Waals surface area contributed by atoms with Gasteiger partial charge in [-0.1, -0.05) is 19.4 Å². The molecule has 1 aromatic heterocycles. The van der Waals surface area contributed by atoms with Gasteiger partial charge in [0.05, 0.1) is 25.9 Å². The van der Waals surface area contributed by atoms with Crippen LogP contribution in [0.2, 0.25) is 0 Å². The minimum atomic E-state index is 0.0943. The molecular formula is C20H26N3O2+. The number of hydrogen-bond acceptors (Lipinski definition) is 3. The molecule has 0 atom stereocenters. The van der Waals surface area contributed by atoms with E-state index < -0.39 is 0 Å². The number of carbonyl (C=O) groups excluding carboxylic acids is 1. The summed E-state index contributed by atoms with van der Waals surface area (Å²) in [7, 11) is 0. The molecule has 1 aromatic carbocycles. The molecule has 0 unspecified atom stereocenters. The van der Waals surface area contributed by atoms with Crippen molar-refractivity contribution in [3.8, 4) is 5.75 Å². The molecule has 2 heterocycles. The summed E-state index contributed by atoms with van der Waals surface area (Å²) in [5.74, 6) is 2.02. The number of aromatic nitrogens is 1. The molecule has 5 heteroatoms. The molecule has 0 radical (unpaired) electrons. The van der Waals surface area contributed by atoms with Crippen LogP contribution in [0, 0.1) is 0 Å². The van der Waals surface area contributed by atoms with Gasteiger partial charge in [0.2, 0.25) is 0 Å². The van der Waals surface area contributed by atoms with Gasteiger partial charge in [-0.3, -0.25) is 9.69 Å². The van der Waals surface area contributed by atoms with Crippen LogP contribution in [0.15, 0.2) is 48.7 Å². The molecule has 2 aromatic rings. The standard InChI is InChI=1S/C20H25N3O2/c1-2-3-16-25-18-9-7-17(8-10-18)20(24)23-14-12-22(13-15-23)19-6-4-5-11-21-19/h4-11H,2-3,12-16H2,1H3/p+1. The third-order valence-electron chi connectivity index (χ3n) is 4.47. The summed E-state index contributed by atoms with van der Waals surface area (Å²) >= 11 is 0. The van der Waals surface area contributed by atoms with Crippen LogP contribution < -0.4 is 14.6 Å². The van der Waals surface area contributed by atoms with E-state index >= 15 is 0 Å². The van der Waals surface area contributed by atoms with E-state index in [-0.39, 0.29) is 5.91 Å². The molecule has 1 saturated heterocycles. The van der Waals surface area contributed by atoms with Gasteiger partial charge < -0.3 is 9.64 Å². The van der Waals surface area contributed by atoms with E-state index in [1.165, 1.54) is 0 Å². The molecule has 0 aliphatic carbocycles. The van der Waals surface area contributed by atoms with Crippen LogP contribution in [0.4, 0.5) is 5.82 Å². The van der Waals surface area contributed by atoms with E-state index in [0.717, 1.165) is 62.8 Å².